The van der Waals surface area contributed by atoms with E-state index in [0.717, 1.165) is 0 Å². The van der Waals surface area contributed by atoms with E-state index < -0.39 is 23.2 Å². The Morgan fingerprint density at radius 3 is 2.77 bits per heavy atom. The zero-order valence-electron chi connectivity index (χ0n) is 13.6. The summed E-state index contributed by atoms with van der Waals surface area (Å²) in [5.41, 5.74) is -0.0340. The first-order valence-electron chi connectivity index (χ1n) is 8.10. The van der Waals surface area contributed by atoms with Gasteiger partial charge in [0.1, 0.15) is 17.3 Å². The number of hydrogen-bond donors (Lipinski definition) is 2. The van der Waals surface area contributed by atoms with E-state index in [2.05, 4.69) is 15.5 Å². The van der Waals surface area contributed by atoms with E-state index in [0.29, 0.717) is 19.5 Å². The molecule has 9 heteroatoms. The average molecular weight is 359 g/mol. The van der Waals surface area contributed by atoms with Crippen molar-refractivity contribution in [3.8, 4) is 0 Å². The number of halogens is 2. The van der Waals surface area contributed by atoms with Gasteiger partial charge >= 0.3 is 5.69 Å². The molecule has 3 heterocycles. The van der Waals surface area contributed by atoms with Gasteiger partial charge in [-0.15, -0.1) is 0 Å². The van der Waals surface area contributed by atoms with E-state index in [1.54, 1.807) is 17.0 Å². The number of anilines is 1. The zero-order chi connectivity index (χ0) is 18.3. The quantitative estimate of drug-likeness (QED) is 0.739. The third kappa shape index (κ3) is 2.71. The fraction of sp³-hybridized carbons (Fsp3) is 0.235. The third-order valence-electron chi connectivity index (χ3n) is 4.47. The highest BCUT2D eigenvalue weighted by atomic mass is 19.1. The standard InChI is InChI=1S/C17H15F2N5O2/c18-12-4-1-5-13(19)14(12)23-8-6-10(9-23)20-16(25)11-3-2-7-24-15(11)21-22-17(24)26/h1-5,7,10H,6,8-9H2,(H,20,25)(H,22,26). The SMILES string of the molecule is O=C(NC1CCN(c2c(F)cccc2F)C1)c1cccn2c(=O)[nH]nc12. The summed E-state index contributed by atoms with van der Waals surface area (Å²) in [5.74, 6) is -1.65. The molecule has 2 aromatic heterocycles. The van der Waals surface area contributed by atoms with E-state index in [4.69, 9.17) is 0 Å². The number of amides is 1. The Kier molecular flexibility index (Phi) is 3.90. The first kappa shape index (κ1) is 16.2. The van der Waals surface area contributed by atoms with Gasteiger partial charge in [-0.3, -0.25) is 4.79 Å². The fourth-order valence-corrected chi connectivity index (χ4v) is 3.25. The molecule has 1 amide bonds. The van der Waals surface area contributed by atoms with Crippen molar-refractivity contribution in [1.82, 2.24) is 19.9 Å². The Hall–Kier alpha value is -3.23. The molecule has 1 aromatic carbocycles. The Morgan fingerprint density at radius 2 is 2.00 bits per heavy atom. The van der Waals surface area contributed by atoms with Crippen molar-refractivity contribution in [2.75, 3.05) is 18.0 Å². The summed E-state index contributed by atoms with van der Waals surface area (Å²) in [4.78, 5) is 25.7. The van der Waals surface area contributed by atoms with Crippen LogP contribution in [0.15, 0.2) is 41.3 Å². The number of H-pyrrole nitrogens is 1. The average Bonchev–Trinajstić information content (AvgIpc) is 3.22. The van der Waals surface area contributed by atoms with Crippen molar-refractivity contribution >= 4 is 17.2 Å². The normalized spacial score (nSPS) is 17.0. The maximum atomic E-state index is 13.9. The maximum absolute atomic E-state index is 13.9. The molecule has 2 N–H and O–H groups in total. The van der Waals surface area contributed by atoms with Gasteiger partial charge in [0.15, 0.2) is 5.65 Å². The van der Waals surface area contributed by atoms with Gasteiger partial charge in [0, 0.05) is 25.3 Å². The number of pyridine rings is 1. The number of carbonyl (C=O) groups excluding carboxylic acids is 1. The Labute approximate surface area is 146 Å². The van der Waals surface area contributed by atoms with Crippen LogP contribution >= 0.6 is 0 Å². The largest absolute Gasteiger partial charge is 0.365 e. The maximum Gasteiger partial charge on any atom is 0.347 e. The van der Waals surface area contributed by atoms with Crippen molar-refractivity contribution in [3.63, 3.8) is 0 Å². The van der Waals surface area contributed by atoms with Crippen LogP contribution in [0.2, 0.25) is 0 Å². The smallest absolute Gasteiger partial charge is 0.347 e. The second-order valence-electron chi connectivity index (χ2n) is 6.12. The summed E-state index contributed by atoms with van der Waals surface area (Å²) >= 11 is 0. The number of rotatable bonds is 3. The number of nitrogens with zero attached hydrogens (tertiary/aromatic N) is 3. The minimum Gasteiger partial charge on any atom is -0.365 e. The number of benzene rings is 1. The minimum absolute atomic E-state index is 0.0785. The molecular weight excluding hydrogens is 344 g/mol. The van der Waals surface area contributed by atoms with Crippen molar-refractivity contribution in [1.29, 1.82) is 0 Å². The molecule has 1 aliphatic rings. The molecule has 7 nitrogen and oxygen atoms in total. The van der Waals surface area contributed by atoms with Gasteiger partial charge in [0.2, 0.25) is 0 Å². The predicted molar refractivity (Wildman–Crippen MR) is 90.3 cm³/mol. The van der Waals surface area contributed by atoms with Gasteiger partial charge in [-0.25, -0.2) is 23.1 Å². The molecule has 4 rings (SSSR count). The van der Waals surface area contributed by atoms with Crippen molar-refractivity contribution in [2.45, 2.75) is 12.5 Å². The van der Waals surface area contributed by atoms with Crippen LogP contribution in [0.5, 0.6) is 0 Å². The van der Waals surface area contributed by atoms with Gasteiger partial charge < -0.3 is 10.2 Å². The van der Waals surface area contributed by atoms with Crippen molar-refractivity contribution < 1.29 is 13.6 Å². The lowest BCUT2D eigenvalue weighted by Gasteiger charge is -2.20. The number of carbonyl (C=O) groups is 1. The van der Waals surface area contributed by atoms with E-state index in [-0.39, 0.29) is 22.9 Å². The molecule has 0 radical (unpaired) electrons. The number of aromatic amines is 1. The molecule has 0 spiro atoms. The lowest BCUT2D eigenvalue weighted by atomic mass is 10.2. The molecule has 3 aromatic rings. The zero-order valence-corrected chi connectivity index (χ0v) is 13.6. The fourth-order valence-electron chi connectivity index (χ4n) is 3.25. The van der Waals surface area contributed by atoms with Crippen LogP contribution in [-0.2, 0) is 0 Å². The Balaban J connectivity index is 1.52. The summed E-state index contributed by atoms with van der Waals surface area (Å²) in [6, 6.07) is 6.60. The van der Waals surface area contributed by atoms with Gasteiger partial charge in [-0.05, 0) is 30.7 Å². The minimum atomic E-state index is -0.627. The number of para-hydroxylation sites is 1. The van der Waals surface area contributed by atoms with E-state index in [1.165, 1.54) is 28.8 Å². The number of aromatic nitrogens is 3. The molecule has 0 bridgehead atoms. The Morgan fingerprint density at radius 1 is 1.23 bits per heavy atom. The first-order chi connectivity index (χ1) is 12.5. The molecule has 0 saturated carbocycles. The summed E-state index contributed by atoms with van der Waals surface area (Å²) in [6.45, 7) is 0.717. The second kappa shape index (κ2) is 6.25. The van der Waals surface area contributed by atoms with Crippen LogP contribution in [0.1, 0.15) is 16.8 Å². The van der Waals surface area contributed by atoms with Crippen LogP contribution in [0.4, 0.5) is 14.5 Å². The predicted octanol–water partition coefficient (Wildman–Crippen LogP) is 1.31. The van der Waals surface area contributed by atoms with Crippen LogP contribution in [0.3, 0.4) is 0 Å². The van der Waals surface area contributed by atoms with Crippen LogP contribution in [0.25, 0.3) is 5.65 Å². The first-order valence-corrected chi connectivity index (χ1v) is 8.10. The second-order valence-corrected chi connectivity index (χ2v) is 6.12. The summed E-state index contributed by atoms with van der Waals surface area (Å²) in [5, 5.41) is 8.99. The molecule has 1 atom stereocenters. The number of hydrogen-bond acceptors (Lipinski definition) is 4. The lowest BCUT2D eigenvalue weighted by molar-refractivity contribution is 0.0941. The monoisotopic (exact) mass is 359 g/mol. The highest BCUT2D eigenvalue weighted by Crippen LogP contribution is 2.26. The summed E-state index contributed by atoms with van der Waals surface area (Å²) in [7, 11) is 0. The van der Waals surface area contributed by atoms with Crippen LogP contribution < -0.4 is 15.9 Å². The molecule has 0 aliphatic carbocycles. The third-order valence-corrected chi connectivity index (χ3v) is 4.47. The van der Waals surface area contributed by atoms with Gasteiger partial charge in [0.25, 0.3) is 5.91 Å². The van der Waals surface area contributed by atoms with E-state index in [1.807, 2.05) is 0 Å². The van der Waals surface area contributed by atoms with Gasteiger partial charge in [-0.1, -0.05) is 6.07 Å². The number of fused-ring (bicyclic) bond motifs is 1. The van der Waals surface area contributed by atoms with Gasteiger partial charge in [-0.2, -0.15) is 5.10 Å². The highest BCUT2D eigenvalue weighted by molar-refractivity contribution is 5.99. The molecule has 26 heavy (non-hydrogen) atoms. The van der Waals surface area contributed by atoms with Crippen LogP contribution in [-0.4, -0.2) is 39.6 Å². The molecule has 1 aliphatic heterocycles. The van der Waals surface area contributed by atoms with Gasteiger partial charge in [0.05, 0.1) is 5.56 Å². The molecule has 1 saturated heterocycles. The Bertz CT molecular complexity index is 1020. The number of nitrogens with one attached hydrogen (secondary N) is 2. The molecule has 1 unspecified atom stereocenters. The van der Waals surface area contributed by atoms with Crippen molar-refractivity contribution in [2.24, 2.45) is 0 Å². The molecule has 1 fully saturated rings. The van der Waals surface area contributed by atoms with Crippen molar-refractivity contribution in [3.05, 3.63) is 64.2 Å². The van der Waals surface area contributed by atoms with E-state index in [9.17, 15) is 18.4 Å². The topological polar surface area (TPSA) is 82.5 Å². The highest BCUT2D eigenvalue weighted by Gasteiger charge is 2.28. The van der Waals surface area contributed by atoms with E-state index >= 15 is 0 Å². The lowest BCUT2D eigenvalue weighted by Crippen LogP contribution is -2.37. The molecule has 134 valence electrons. The molecular formula is C17H15F2N5O2. The summed E-state index contributed by atoms with van der Waals surface area (Å²) < 4.78 is 29.1. The summed E-state index contributed by atoms with van der Waals surface area (Å²) in [6.07, 6.45) is 2.06. The van der Waals surface area contributed by atoms with Crippen LogP contribution in [0, 0.1) is 11.6 Å².